The molecule has 0 aliphatic heterocycles. The Hall–Kier alpha value is -4.52. The van der Waals surface area contributed by atoms with Crippen molar-refractivity contribution in [1.82, 2.24) is 9.55 Å². The first-order chi connectivity index (χ1) is 17.4. The van der Waals surface area contributed by atoms with Gasteiger partial charge < -0.3 is 15.0 Å². The van der Waals surface area contributed by atoms with Crippen molar-refractivity contribution in [2.45, 2.75) is 13.0 Å². The molecule has 6 nitrogen and oxygen atoms in total. The van der Waals surface area contributed by atoms with Gasteiger partial charge in [-0.25, -0.2) is 9.37 Å². The quantitative estimate of drug-likeness (QED) is 0.287. The lowest BCUT2D eigenvalue weighted by Gasteiger charge is -2.19. The fourth-order valence-corrected chi connectivity index (χ4v) is 4.44. The number of nitrogens with zero attached hydrogens (tertiary/aromatic N) is 3. The van der Waals surface area contributed by atoms with Gasteiger partial charge in [-0.1, -0.05) is 30.3 Å². The van der Waals surface area contributed by atoms with Crippen LogP contribution in [0.4, 0.5) is 10.1 Å². The third-order valence-electron chi connectivity index (χ3n) is 6.35. The summed E-state index contributed by atoms with van der Waals surface area (Å²) in [7, 11) is 3.66. The summed E-state index contributed by atoms with van der Waals surface area (Å²) >= 11 is 0. The Morgan fingerprint density at radius 3 is 2.50 bits per heavy atom. The van der Waals surface area contributed by atoms with E-state index in [1.165, 1.54) is 23.0 Å². The van der Waals surface area contributed by atoms with Gasteiger partial charge in [0, 0.05) is 53.9 Å². The number of carboxylic acids is 1. The Morgan fingerprint density at radius 1 is 1.06 bits per heavy atom. The highest BCUT2D eigenvalue weighted by Gasteiger charge is 2.20. The van der Waals surface area contributed by atoms with Crippen LogP contribution in [-0.2, 0) is 11.8 Å². The van der Waals surface area contributed by atoms with Gasteiger partial charge in [0.2, 0.25) is 0 Å². The first-order valence-corrected chi connectivity index (χ1v) is 11.6. The number of hydrogen-bond donors (Lipinski definition) is 2. The molecule has 0 fully saturated rings. The van der Waals surface area contributed by atoms with Crippen LogP contribution in [0.2, 0.25) is 0 Å². The standard InChI is InChI=1S/C29H25FN4O2/c1-17(29(35)36)32-28-23-15-22(30)9-10-25(23)33-27(24(28)16-31-2)19-6-4-18(5-7-19)20-8-11-26-21(14-20)12-13-34(26)3/h4-17H,1-3H3,(H,32,33)(H,35,36). The molecule has 2 N–H and O–H groups in total. The van der Waals surface area contributed by atoms with E-state index in [0.717, 1.165) is 16.7 Å². The highest BCUT2D eigenvalue weighted by Crippen LogP contribution is 2.35. The Bertz CT molecular complexity index is 1640. The van der Waals surface area contributed by atoms with Crippen molar-refractivity contribution in [1.29, 1.82) is 0 Å². The van der Waals surface area contributed by atoms with Gasteiger partial charge in [0.15, 0.2) is 0 Å². The van der Waals surface area contributed by atoms with Gasteiger partial charge in [-0.05, 0) is 54.4 Å². The number of rotatable bonds is 6. The monoisotopic (exact) mass is 480 g/mol. The van der Waals surface area contributed by atoms with Crippen LogP contribution in [0.25, 0.3) is 44.2 Å². The molecule has 0 radical (unpaired) electrons. The average molecular weight is 481 g/mol. The molecule has 0 amide bonds. The number of hydrogen-bond acceptors (Lipinski definition) is 4. The van der Waals surface area contributed by atoms with Crippen molar-refractivity contribution in [3.05, 3.63) is 84.3 Å². The predicted octanol–water partition coefficient (Wildman–Crippen LogP) is 6.13. The number of nitrogens with one attached hydrogen (secondary N) is 1. The maximum Gasteiger partial charge on any atom is 0.325 e. The first-order valence-electron chi connectivity index (χ1n) is 11.6. The summed E-state index contributed by atoms with van der Waals surface area (Å²) in [6, 6.07) is 19.9. The smallest absolute Gasteiger partial charge is 0.325 e. The molecular formula is C29H25FN4O2. The van der Waals surface area contributed by atoms with E-state index < -0.39 is 17.8 Å². The second-order valence-corrected chi connectivity index (χ2v) is 8.78. The summed E-state index contributed by atoms with van der Waals surface area (Å²) in [5.74, 6) is -1.45. The molecule has 5 rings (SSSR count). The van der Waals surface area contributed by atoms with Crippen molar-refractivity contribution in [2.24, 2.45) is 12.0 Å². The first kappa shape index (κ1) is 23.2. The Balaban J connectivity index is 1.64. The van der Waals surface area contributed by atoms with E-state index in [1.54, 1.807) is 26.3 Å². The molecule has 0 aliphatic carbocycles. The molecular weight excluding hydrogens is 455 g/mol. The average Bonchev–Trinajstić information content (AvgIpc) is 3.25. The van der Waals surface area contributed by atoms with E-state index in [0.29, 0.717) is 27.8 Å². The van der Waals surface area contributed by atoms with Gasteiger partial charge in [0.05, 0.1) is 16.9 Å². The van der Waals surface area contributed by atoms with Crippen LogP contribution >= 0.6 is 0 Å². The molecule has 3 aromatic carbocycles. The Morgan fingerprint density at radius 2 is 1.78 bits per heavy atom. The highest BCUT2D eigenvalue weighted by atomic mass is 19.1. The third kappa shape index (κ3) is 4.20. The normalized spacial score (nSPS) is 12.4. The molecule has 0 spiro atoms. The summed E-state index contributed by atoms with van der Waals surface area (Å²) in [5.41, 5.74) is 6.45. The van der Waals surface area contributed by atoms with Crippen molar-refractivity contribution in [3.63, 3.8) is 0 Å². The van der Waals surface area contributed by atoms with Crippen molar-refractivity contribution < 1.29 is 14.3 Å². The number of carbonyl (C=O) groups is 1. The zero-order chi connectivity index (χ0) is 25.4. The predicted molar refractivity (Wildman–Crippen MR) is 143 cm³/mol. The number of halogens is 1. The Labute approximate surface area is 207 Å². The van der Waals surface area contributed by atoms with Crippen LogP contribution in [0.3, 0.4) is 0 Å². The van der Waals surface area contributed by atoms with E-state index in [9.17, 15) is 14.3 Å². The SMILES string of the molecule is CN=Cc1c(-c2ccc(-c3ccc4c(ccn4C)c3)cc2)nc2ccc(F)cc2c1NC(C)C(=O)O. The summed E-state index contributed by atoms with van der Waals surface area (Å²) in [6.45, 7) is 1.54. The topological polar surface area (TPSA) is 79.5 Å². The van der Waals surface area contributed by atoms with Gasteiger partial charge >= 0.3 is 5.97 Å². The fourth-order valence-electron chi connectivity index (χ4n) is 4.44. The minimum absolute atomic E-state index is 0.429. The van der Waals surface area contributed by atoms with Crippen LogP contribution in [0, 0.1) is 5.82 Å². The van der Waals surface area contributed by atoms with Gasteiger partial charge in [-0.3, -0.25) is 9.79 Å². The van der Waals surface area contributed by atoms with E-state index >= 15 is 0 Å². The number of anilines is 1. The maximum atomic E-state index is 14.2. The molecule has 0 bridgehead atoms. The number of aliphatic carboxylic acids is 1. The van der Waals surface area contributed by atoms with Crippen LogP contribution in [-0.4, -0.2) is 39.9 Å². The number of benzene rings is 3. The molecule has 36 heavy (non-hydrogen) atoms. The summed E-state index contributed by atoms with van der Waals surface area (Å²) in [5, 5.41) is 14.2. The summed E-state index contributed by atoms with van der Waals surface area (Å²) in [6.07, 6.45) is 3.67. The van der Waals surface area contributed by atoms with Gasteiger partial charge in [-0.15, -0.1) is 0 Å². The van der Waals surface area contributed by atoms with Gasteiger partial charge in [-0.2, -0.15) is 0 Å². The van der Waals surface area contributed by atoms with E-state index in [-0.39, 0.29) is 0 Å². The fraction of sp³-hybridized carbons (Fsp3) is 0.138. The minimum atomic E-state index is -1.02. The van der Waals surface area contributed by atoms with Gasteiger partial charge in [0.1, 0.15) is 11.9 Å². The second kappa shape index (κ2) is 9.26. The largest absolute Gasteiger partial charge is 0.480 e. The zero-order valence-electron chi connectivity index (χ0n) is 20.2. The number of carboxylic acid groups (broad SMARTS) is 1. The van der Waals surface area contributed by atoms with Gasteiger partial charge in [0.25, 0.3) is 0 Å². The molecule has 1 unspecified atom stereocenters. The van der Waals surface area contributed by atoms with Crippen LogP contribution < -0.4 is 5.32 Å². The molecule has 0 saturated heterocycles. The van der Waals surface area contributed by atoms with Crippen LogP contribution in [0.5, 0.6) is 0 Å². The summed E-state index contributed by atoms with van der Waals surface area (Å²) < 4.78 is 16.2. The lowest BCUT2D eigenvalue weighted by molar-refractivity contribution is -0.137. The molecule has 0 aliphatic rings. The van der Waals surface area contributed by atoms with E-state index in [2.05, 4.69) is 39.1 Å². The van der Waals surface area contributed by atoms with E-state index in [4.69, 9.17) is 4.98 Å². The Kier molecular flexibility index (Phi) is 5.98. The molecule has 7 heteroatoms. The number of aliphatic imine (C=N–C) groups is 1. The molecule has 1 atom stereocenters. The number of fused-ring (bicyclic) bond motifs is 2. The third-order valence-corrected chi connectivity index (χ3v) is 6.35. The van der Waals surface area contributed by atoms with Crippen molar-refractivity contribution in [2.75, 3.05) is 12.4 Å². The zero-order valence-corrected chi connectivity index (χ0v) is 20.2. The lowest BCUT2D eigenvalue weighted by Crippen LogP contribution is -2.26. The molecule has 2 heterocycles. The number of aromatic nitrogens is 2. The maximum absolute atomic E-state index is 14.2. The molecule has 2 aromatic heterocycles. The highest BCUT2D eigenvalue weighted by molar-refractivity contribution is 6.07. The molecule has 180 valence electrons. The van der Waals surface area contributed by atoms with Crippen LogP contribution in [0.1, 0.15) is 12.5 Å². The van der Waals surface area contributed by atoms with Crippen molar-refractivity contribution in [3.8, 4) is 22.4 Å². The van der Waals surface area contributed by atoms with Crippen LogP contribution in [0.15, 0.2) is 77.9 Å². The summed E-state index contributed by atoms with van der Waals surface area (Å²) in [4.78, 5) is 20.6. The minimum Gasteiger partial charge on any atom is -0.480 e. The van der Waals surface area contributed by atoms with Crippen molar-refractivity contribution >= 4 is 39.7 Å². The van der Waals surface area contributed by atoms with E-state index in [1.807, 2.05) is 37.5 Å². The lowest BCUT2D eigenvalue weighted by atomic mass is 9.97. The second-order valence-electron chi connectivity index (χ2n) is 8.78. The number of pyridine rings is 1. The molecule has 5 aromatic rings. The molecule has 0 saturated carbocycles. The number of aryl methyl sites for hydroxylation is 1.